The van der Waals surface area contributed by atoms with E-state index in [0.717, 1.165) is 24.9 Å². The number of nitrogens with zero attached hydrogens (tertiary/aromatic N) is 3. The van der Waals surface area contributed by atoms with Gasteiger partial charge in [-0.25, -0.2) is 23.1 Å². The number of hydrogen-bond acceptors (Lipinski definition) is 7. The molecule has 0 unspecified atom stereocenters. The average molecular weight is 485 g/mol. The van der Waals surface area contributed by atoms with Crippen LogP contribution in [0.4, 0.5) is 11.6 Å². The lowest BCUT2D eigenvalue weighted by Crippen LogP contribution is -2.46. The highest BCUT2D eigenvalue weighted by molar-refractivity contribution is 7.88. The third-order valence-electron chi connectivity index (χ3n) is 4.83. The molecule has 6 N–H and O–H groups in total. The van der Waals surface area contributed by atoms with E-state index in [1.165, 1.54) is 0 Å². The Labute approximate surface area is 194 Å². The van der Waals surface area contributed by atoms with Gasteiger partial charge in [0, 0.05) is 6.54 Å². The smallest absolute Gasteiger partial charge is 0.273 e. The molecular formula is C20H31ClN7O3S+. The Balaban J connectivity index is 1.68. The molecule has 1 aromatic carbocycles. The van der Waals surface area contributed by atoms with Crippen molar-refractivity contribution in [2.24, 2.45) is 0 Å². The fraction of sp³-hybridized carbons (Fsp3) is 0.450. The third-order valence-corrected chi connectivity index (χ3v) is 6.47. The van der Waals surface area contributed by atoms with Gasteiger partial charge in [0.15, 0.2) is 22.5 Å². The summed E-state index contributed by atoms with van der Waals surface area (Å²) in [7, 11) is 0.732. The second-order valence-corrected chi connectivity index (χ2v) is 10.3. The van der Waals surface area contributed by atoms with E-state index < -0.39 is 15.9 Å². The number of carbonyl (C=O) groups excluding carboxylic acids is 1. The molecule has 12 heteroatoms. The van der Waals surface area contributed by atoms with Gasteiger partial charge in [-0.2, -0.15) is 0 Å². The van der Waals surface area contributed by atoms with Crippen LogP contribution in [-0.4, -0.2) is 69.1 Å². The molecule has 0 bridgehead atoms. The Morgan fingerprint density at radius 3 is 2.41 bits per heavy atom. The molecule has 1 aromatic heterocycles. The lowest BCUT2D eigenvalue weighted by molar-refractivity contribution is -0.889. The van der Waals surface area contributed by atoms with Crippen molar-refractivity contribution >= 4 is 39.2 Å². The van der Waals surface area contributed by atoms with Gasteiger partial charge in [0.25, 0.3) is 5.91 Å². The molecule has 0 saturated heterocycles. The Bertz CT molecular complexity index is 1020. The molecule has 1 heterocycles. The van der Waals surface area contributed by atoms with Crippen LogP contribution in [0.1, 0.15) is 28.9 Å². The van der Waals surface area contributed by atoms with Crippen molar-refractivity contribution < 1.29 is 17.7 Å². The predicted octanol–water partition coefficient (Wildman–Crippen LogP) is 1.00. The molecule has 10 nitrogen and oxygen atoms in total. The first-order valence-electron chi connectivity index (χ1n) is 10.2. The summed E-state index contributed by atoms with van der Waals surface area (Å²) >= 11 is 5.81. The maximum atomic E-state index is 12.3. The summed E-state index contributed by atoms with van der Waals surface area (Å²) in [6.07, 6.45) is 1.55. The van der Waals surface area contributed by atoms with Crippen molar-refractivity contribution in [3.63, 3.8) is 0 Å². The van der Waals surface area contributed by atoms with Gasteiger partial charge in [0.05, 0.1) is 39.5 Å². The predicted molar refractivity (Wildman–Crippen MR) is 126 cm³/mol. The molecule has 176 valence electrons. The van der Waals surface area contributed by atoms with E-state index in [1.807, 2.05) is 32.3 Å². The number of likely N-dealkylation sites (N-methyl/N-ethyl adjacent to an activating group) is 1. The Morgan fingerprint density at radius 2 is 1.72 bits per heavy atom. The number of sulfonamides is 1. The fourth-order valence-corrected chi connectivity index (χ4v) is 4.33. The number of aromatic nitrogens is 2. The van der Waals surface area contributed by atoms with Crippen LogP contribution in [0.25, 0.3) is 0 Å². The van der Waals surface area contributed by atoms with E-state index in [1.54, 1.807) is 12.1 Å². The zero-order valence-corrected chi connectivity index (χ0v) is 19.9. The van der Waals surface area contributed by atoms with Gasteiger partial charge in [0.2, 0.25) is 10.0 Å². The first-order valence-corrected chi connectivity index (χ1v) is 12.2. The van der Waals surface area contributed by atoms with E-state index in [9.17, 15) is 13.2 Å². The first kappa shape index (κ1) is 25.8. The molecule has 0 spiro atoms. The van der Waals surface area contributed by atoms with Crippen LogP contribution in [0.3, 0.4) is 0 Å². The highest BCUT2D eigenvalue weighted by Crippen LogP contribution is 2.17. The summed E-state index contributed by atoms with van der Waals surface area (Å²) in [6, 6.07) is 9.08. The molecule has 0 fully saturated rings. The number of nitrogen functional groups attached to an aromatic ring is 2. The van der Waals surface area contributed by atoms with Gasteiger partial charge in [-0.3, -0.25) is 4.79 Å². The van der Waals surface area contributed by atoms with Crippen molar-refractivity contribution in [3.8, 4) is 0 Å². The zero-order chi connectivity index (χ0) is 23.8. The van der Waals surface area contributed by atoms with Crippen LogP contribution >= 0.6 is 11.6 Å². The standard InChI is InChI=1S/C20H30ClN7O3S/c1-28(2,13-11-24-20(29)16-18(22)27-19(23)17(21)26-16)12-7-6-10-25-32(30,31)14-15-8-4-3-5-9-15/h3-5,8-9,25H,6-7,10-14H2,1-2H3,(H4-,22,23,24,27,29)/p+1. The topological polar surface area (TPSA) is 153 Å². The number of unbranched alkanes of at least 4 members (excludes halogenated alkanes) is 1. The summed E-state index contributed by atoms with van der Waals surface area (Å²) in [4.78, 5) is 20.0. The Kier molecular flexibility index (Phi) is 9.20. The van der Waals surface area contributed by atoms with Crippen LogP contribution < -0.4 is 21.5 Å². The maximum Gasteiger partial charge on any atom is 0.273 e. The quantitative estimate of drug-likeness (QED) is 0.259. The highest BCUT2D eigenvalue weighted by Gasteiger charge is 2.19. The number of quaternary nitrogens is 1. The van der Waals surface area contributed by atoms with E-state index in [0.29, 0.717) is 24.1 Å². The third kappa shape index (κ3) is 8.58. The number of carbonyl (C=O) groups is 1. The second-order valence-electron chi connectivity index (χ2n) is 8.12. The molecular weight excluding hydrogens is 454 g/mol. The van der Waals surface area contributed by atoms with Gasteiger partial charge in [-0.05, 0) is 18.4 Å². The van der Waals surface area contributed by atoms with Crippen LogP contribution in [0.2, 0.25) is 5.15 Å². The largest absolute Gasteiger partial charge is 0.382 e. The van der Waals surface area contributed by atoms with Crippen molar-refractivity contribution in [3.05, 3.63) is 46.7 Å². The van der Waals surface area contributed by atoms with E-state index >= 15 is 0 Å². The minimum Gasteiger partial charge on any atom is -0.382 e. The monoisotopic (exact) mass is 484 g/mol. The van der Waals surface area contributed by atoms with Crippen molar-refractivity contribution in [2.45, 2.75) is 18.6 Å². The minimum absolute atomic E-state index is 0.0246. The summed E-state index contributed by atoms with van der Waals surface area (Å²) < 4.78 is 27.6. The second kappa shape index (κ2) is 11.4. The molecule has 0 saturated carbocycles. The van der Waals surface area contributed by atoms with Crippen LogP contribution in [0.15, 0.2) is 30.3 Å². The van der Waals surface area contributed by atoms with Gasteiger partial charge in [-0.15, -0.1) is 0 Å². The van der Waals surface area contributed by atoms with Crippen LogP contribution in [0, 0.1) is 0 Å². The fourth-order valence-electron chi connectivity index (χ4n) is 3.01. The Hall–Kier alpha value is -2.47. The molecule has 2 aromatic rings. The summed E-state index contributed by atoms with van der Waals surface area (Å²) in [6.45, 7) is 2.29. The molecule has 0 aliphatic carbocycles. The number of rotatable bonds is 12. The summed E-state index contributed by atoms with van der Waals surface area (Å²) in [5.41, 5.74) is 11.9. The number of benzene rings is 1. The number of nitrogens with two attached hydrogens (primary N) is 2. The van der Waals surface area contributed by atoms with Gasteiger partial charge < -0.3 is 21.3 Å². The molecule has 1 amide bonds. The summed E-state index contributed by atoms with van der Waals surface area (Å²) in [5.74, 6) is -0.595. The average Bonchev–Trinajstić information content (AvgIpc) is 2.70. The van der Waals surface area contributed by atoms with Crippen LogP contribution in [-0.2, 0) is 15.8 Å². The first-order chi connectivity index (χ1) is 15.0. The summed E-state index contributed by atoms with van der Waals surface area (Å²) in [5, 5.41) is 2.69. The van der Waals surface area contributed by atoms with Gasteiger partial charge >= 0.3 is 0 Å². The van der Waals surface area contributed by atoms with E-state index in [-0.39, 0.29) is 28.2 Å². The van der Waals surface area contributed by atoms with E-state index in [2.05, 4.69) is 20.0 Å². The van der Waals surface area contributed by atoms with Crippen molar-refractivity contribution in [2.75, 3.05) is 51.7 Å². The molecule has 0 aliphatic heterocycles. The van der Waals surface area contributed by atoms with E-state index in [4.69, 9.17) is 23.1 Å². The molecule has 0 radical (unpaired) electrons. The Morgan fingerprint density at radius 1 is 1.03 bits per heavy atom. The van der Waals surface area contributed by atoms with Crippen LogP contribution in [0.5, 0.6) is 0 Å². The lowest BCUT2D eigenvalue weighted by Gasteiger charge is -2.30. The lowest BCUT2D eigenvalue weighted by atomic mass is 10.2. The van der Waals surface area contributed by atoms with Crippen molar-refractivity contribution in [1.29, 1.82) is 0 Å². The van der Waals surface area contributed by atoms with Gasteiger partial charge in [-0.1, -0.05) is 41.9 Å². The normalized spacial score (nSPS) is 12.0. The molecule has 0 atom stereocenters. The zero-order valence-electron chi connectivity index (χ0n) is 18.3. The van der Waals surface area contributed by atoms with Gasteiger partial charge in [0.1, 0.15) is 0 Å². The maximum absolute atomic E-state index is 12.3. The number of amides is 1. The van der Waals surface area contributed by atoms with Crippen molar-refractivity contribution in [1.82, 2.24) is 20.0 Å². The molecule has 2 rings (SSSR count). The number of hydrogen-bond donors (Lipinski definition) is 4. The minimum atomic E-state index is -3.35. The number of halogens is 1. The molecule has 0 aliphatic rings. The number of nitrogens with one attached hydrogen (secondary N) is 2. The molecule has 32 heavy (non-hydrogen) atoms. The highest BCUT2D eigenvalue weighted by atomic mass is 35.5. The SMILES string of the molecule is C[N+](C)(CCCCNS(=O)(=O)Cc1ccccc1)CCNC(=O)c1nc(Cl)c(N)nc1N. The number of anilines is 2.